The molecule has 1 aromatic rings. The van der Waals surface area contributed by atoms with Crippen LogP contribution in [0.4, 0.5) is 0 Å². The molecule has 3 nitrogen and oxygen atoms in total. The molecule has 0 aliphatic carbocycles. The SMILES string of the molecule is Cc1[c]cnc(C(=O)N(C)C)c1. The number of nitrogens with zero attached hydrogens (tertiary/aromatic N) is 2. The van der Waals surface area contributed by atoms with Gasteiger partial charge in [0.2, 0.25) is 0 Å². The fourth-order valence-corrected chi connectivity index (χ4v) is 0.834. The Morgan fingerprint density at radius 3 is 2.75 bits per heavy atom. The van der Waals surface area contributed by atoms with E-state index >= 15 is 0 Å². The van der Waals surface area contributed by atoms with Crippen molar-refractivity contribution in [1.29, 1.82) is 0 Å². The number of carbonyl (C=O) groups excluding carboxylic acids is 1. The van der Waals surface area contributed by atoms with E-state index in [9.17, 15) is 4.79 Å². The second-order valence-corrected chi connectivity index (χ2v) is 2.81. The van der Waals surface area contributed by atoms with Gasteiger partial charge in [0.1, 0.15) is 5.69 Å². The average molecular weight is 163 g/mol. The summed E-state index contributed by atoms with van der Waals surface area (Å²) < 4.78 is 0. The molecule has 1 radical (unpaired) electrons. The normalized spacial score (nSPS) is 9.58. The molecule has 3 heteroatoms. The quantitative estimate of drug-likeness (QED) is 0.616. The van der Waals surface area contributed by atoms with Gasteiger partial charge >= 0.3 is 0 Å². The van der Waals surface area contributed by atoms with Crippen LogP contribution in [0.2, 0.25) is 0 Å². The van der Waals surface area contributed by atoms with Crippen LogP contribution >= 0.6 is 0 Å². The molecular formula is C9H11N2O. The van der Waals surface area contributed by atoms with Crippen molar-refractivity contribution >= 4 is 5.91 Å². The van der Waals surface area contributed by atoms with E-state index in [2.05, 4.69) is 11.1 Å². The fraction of sp³-hybridized carbons (Fsp3) is 0.333. The van der Waals surface area contributed by atoms with Crippen LogP contribution in [0, 0.1) is 13.0 Å². The summed E-state index contributed by atoms with van der Waals surface area (Å²) in [6, 6.07) is 4.61. The number of carbonyl (C=O) groups is 1. The molecule has 0 aliphatic heterocycles. The minimum Gasteiger partial charge on any atom is -0.343 e. The van der Waals surface area contributed by atoms with Gasteiger partial charge in [0, 0.05) is 26.4 Å². The minimum atomic E-state index is -0.0768. The lowest BCUT2D eigenvalue weighted by Gasteiger charge is -2.08. The van der Waals surface area contributed by atoms with Crippen LogP contribution in [0.1, 0.15) is 16.1 Å². The van der Waals surface area contributed by atoms with Crippen LogP contribution in [0.3, 0.4) is 0 Å². The van der Waals surface area contributed by atoms with E-state index in [1.807, 2.05) is 6.92 Å². The van der Waals surface area contributed by atoms with Crippen molar-refractivity contribution in [2.24, 2.45) is 0 Å². The molecule has 0 atom stereocenters. The Labute approximate surface area is 72.0 Å². The third kappa shape index (κ3) is 1.81. The molecule has 0 N–H and O–H groups in total. The van der Waals surface area contributed by atoms with Crippen LogP contribution in [-0.4, -0.2) is 29.9 Å². The molecule has 1 heterocycles. The molecule has 0 saturated heterocycles. The maximum absolute atomic E-state index is 11.3. The predicted octanol–water partition coefficient (Wildman–Crippen LogP) is 0.892. The molecule has 63 valence electrons. The molecule has 1 rings (SSSR count). The Balaban J connectivity index is 2.96. The van der Waals surface area contributed by atoms with Gasteiger partial charge in [0.05, 0.1) is 0 Å². The van der Waals surface area contributed by atoms with E-state index in [0.29, 0.717) is 5.69 Å². The van der Waals surface area contributed by atoms with Crippen molar-refractivity contribution in [1.82, 2.24) is 9.88 Å². The largest absolute Gasteiger partial charge is 0.343 e. The van der Waals surface area contributed by atoms with E-state index in [0.717, 1.165) is 5.56 Å². The molecule has 0 bridgehead atoms. The van der Waals surface area contributed by atoms with Gasteiger partial charge < -0.3 is 4.90 Å². The van der Waals surface area contributed by atoms with Crippen LogP contribution in [0.25, 0.3) is 0 Å². The number of amides is 1. The van der Waals surface area contributed by atoms with Gasteiger partial charge in [-0.2, -0.15) is 0 Å². The predicted molar refractivity (Wildman–Crippen MR) is 45.8 cm³/mol. The molecule has 0 spiro atoms. The first kappa shape index (κ1) is 8.71. The second kappa shape index (κ2) is 3.34. The third-order valence-electron chi connectivity index (χ3n) is 1.47. The average Bonchev–Trinajstić information content (AvgIpc) is 2.03. The standard InChI is InChI=1S/C9H11N2O/c1-7-4-5-10-8(6-7)9(12)11(2)3/h5-6H,1-3H3. The summed E-state index contributed by atoms with van der Waals surface area (Å²) >= 11 is 0. The van der Waals surface area contributed by atoms with E-state index in [-0.39, 0.29) is 5.91 Å². The summed E-state index contributed by atoms with van der Waals surface area (Å²) in [5.74, 6) is -0.0768. The summed E-state index contributed by atoms with van der Waals surface area (Å²) in [7, 11) is 3.41. The molecule has 1 aromatic heterocycles. The maximum atomic E-state index is 11.3. The van der Waals surface area contributed by atoms with Crippen LogP contribution in [0.15, 0.2) is 12.3 Å². The molecule has 0 aliphatic rings. The number of hydrogen-bond acceptors (Lipinski definition) is 2. The Hall–Kier alpha value is -1.38. The van der Waals surface area contributed by atoms with E-state index in [1.54, 1.807) is 20.2 Å². The zero-order valence-corrected chi connectivity index (χ0v) is 7.46. The maximum Gasteiger partial charge on any atom is 0.271 e. The van der Waals surface area contributed by atoms with Crippen molar-refractivity contribution in [3.8, 4) is 0 Å². The van der Waals surface area contributed by atoms with Gasteiger partial charge in [0.15, 0.2) is 0 Å². The van der Waals surface area contributed by atoms with Crippen LogP contribution < -0.4 is 0 Å². The van der Waals surface area contributed by atoms with Crippen molar-refractivity contribution in [2.75, 3.05) is 14.1 Å². The molecule has 0 aromatic carbocycles. The van der Waals surface area contributed by atoms with Crippen molar-refractivity contribution in [3.63, 3.8) is 0 Å². The van der Waals surface area contributed by atoms with Gasteiger partial charge in [-0.1, -0.05) is 0 Å². The molecule has 0 fully saturated rings. The number of aryl methyl sites for hydroxylation is 1. The minimum absolute atomic E-state index is 0.0768. The first-order valence-electron chi connectivity index (χ1n) is 3.67. The third-order valence-corrected chi connectivity index (χ3v) is 1.47. The highest BCUT2D eigenvalue weighted by Gasteiger charge is 2.08. The topological polar surface area (TPSA) is 33.2 Å². The van der Waals surface area contributed by atoms with E-state index < -0.39 is 0 Å². The molecule has 0 saturated carbocycles. The van der Waals surface area contributed by atoms with Gasteiger partial charge in [-0.05, 0) is 18.6 Å². The van der Waals surface area contributed by atoms with Crippen molar-refractivity contribution < 1.29 is 4.79 Å². The Morgan fingerprint density at radius 1 is 1.58 bits per heavy atom. The smallest absolute Gasteiger partial charge is 0.271 e. The number of hydrogen-bond donors (Lipinski definition) is 0. The second-order valence-electron chi connectivity index (χ2n) is 2.81. The van der Waals surface area contributed by atoms with Crippen molar-refractivity contribution in [3.05, 3.63) is 29.6 Å². The Bertz CT molecular complexity index is 294. The van der Waals surface area contributed by atoms with Gasteiger partial charge in [0.25, 0.3) is 5.91 Å². The number of pyridine rings is 1. The van der Waals surface area contributed by atoms with E-state index in [4.69, 9.17) is 0 Å². The van der Waals surface area contributed by atoms with Crippen LogP contribution in [-0.2, 0) is 0 Å². The van der Waals surface area contributed by atoms with Gasteiger partial charge in [-0.15, -0.1) is 0 Å². The first-order valence-corrected chi connectivity index (χ1v) is 3.67. The summed E-state index contributed by atoms with van der Waals surface area (Å²) in [6.07, 6.45) is 1.52. The highest BCUT2D eigenvalue weighted by molar-refractivity contribution is 5.91. The zero-order valence-electron chi connectivity index (χ0n) is 7.46. The number of rotatable bonds is 1. The molecule has 1 amide bonds. The first-order chi connectivity index (χ1) is 5.61. The summed E-state index contributed by atoms with van der Waals surface area (Å²) in [5, 5.41) is 0. The summed E-state index contributed by atoms with van der Waals surface area (Å²) in [5.41, 5.74) is 1.39. The fourth-order valence-electron chi connectivity index (χ4n) is 0.834. The highest BCUT2D eigenvalue weighted by Crippen LogP contribution is 2.00. The van der Waals surface area contributed by atoms with Gasteiger partial charge in [-0.25, -0.2) is 0 Å². The Morgan fingerprint density at radius 2 is 2.25 bits per heavy atom. The molecule has 12 heavy (non-hydrogen) atoms. The molecular weight excluding hydrogens is 152 g/mol. The Kier molecular flexibility index (Phi) is 2.43. The van der Waals surface area contributed by atoms with E-state index in [1.165, 1.54) is 11.1 Å². The van der Waals surface area contributed by atoms with Crippen molar-refractivity contribution in [2.45, 2.75) is 6.92 Å². The number of aromatic nitrogens is 1. The molecule has 0 unspecified atom stereocenters. The lowest BCUT2D eigenvalue weighted by atomic mass is 10.2. The summed E-state index contributed by atoms with van der Waals surface area (Å²) in [6.45, 7) is 1.88. The monoisotopic (exact) mass is 163 g/mol. The lowest BCUT2D eigenvalue weighted by Crippen LogP contribution is -2.22. The zero-order chi connectivity index (χ0) is 9.14. The van der Waals surface area contributed by atoms with Crippen LogP contribution in [0.5, 0.6) is 0 Å². The van der Waals surface area contributed by atoms with Gasteiger partial charge in [-0.3, -0.25) is 9.78 Å². The highest BCUT2D eigenvalue weighted by atomic mass is 16.2. The summed E-state index contributed by atoms with van der Waals surface area (Å²) in [4.78, 5) is 16.8. The lowest BCUT2D eigenvalue weighted by molar-refractivity contribution is 0.0822.